The molecule has 2 N–H and O–H groups in total. The van der Waals surface area contributed by atoms with Crippen LogP contribution in [0.5, 0.6) is 0 Å². The van der Waals surface area contributed by atoms with Gasteiger partial charge in [0.15, 0.2) is 6.39 Å². The number of amides is 1. The van der Waals surface area contributed by atoms with Crippen LogP contribution in [-0.4, -0.2) is 23.0 Å². The van der Waals surface area contributed by atoms with E-state index < -0.39 is 7.12 Å². The summed E-state index contributed by atoms with van der Waals surface area (Å²) < 4.78 is 10.1. The van der Waals surface area contributed by atoms with Crippen LogP contribution >= 0.6 is 0 Å². The Hall–Kier alpha value is -2.12. The minimum Gasteiger partial charge on any atom is -0.438 e. The number of hydrogen-bond acceptors (Lipinski definition) is 5. The maximum atomic E-state index is 11.9. The Morgan fingerprint density at radius 2 is 2.37 bits per heavy atom. The lowest BCUT2D eigenvalue weighted by atomic mass is 9.79. The number of oxazole rings is 1. The van der Waals surface area contributed by atoms with Gasteiger partial charge in [0.1, 0.15) is 0 Å². The molecular weight excluding hydrogens is 247 g/mol. The van der Waals surface area contributed by atoms with Crippen molar-refractivity contribution in [1.29, 1.82) is 0 Å². The molecule has 0 radical (unpaired) electrons. The first-order chi connectivity index (χ1) is 9.15. The van der Waals surface area contributed by atoms with Gasteiger partial charge in [0.2, 0.25) is 5.76 Å². The molecule has 0 saturated carbocycles. The van der Waals surface area contributed by atoms with Gasteiger partial charge in [0, 0.05) is 5.69 Å². The fourth-order valence-electron chi connectivity index (χ4n) is 2.00. The quantitative estimate of drug-likeness (QED) is 0.764. The summed E-state index contributed by atoms with van der Waals surface area (Å²) >= 11 is 0. The number of carbonyl (C=O) groups excluding carboxylic acids is 1. The van der Waals surface area contributed by atoms with Gasteiger partial charge in [-0.25, -0.2) is 4.98 Å². The van der Waals surface area contributed by atoms with Crippen molar-refractivity contribution in [3.63, 3.8) is 0 Å². The molecule has 1 aromatic carbocycles. The summed E-state index contributed by atoms with van der Waals surface area (Å²) in [5.41, 5.74) is 2.69. The number of aryl methyl sites for hydroxylation is 1. The number of carbonyl (C=O) groups is 1. The highest BCUT2D eigenvalue weighted by Gasteiger charge is 2.27. The zero-order valence-electron chi connectivity index (χ0n) is 10.2. The number of hydrogen-bond donors (Lipinski definition) is 2. The highest BCUT2D eigenvalue weighted by atomic mass is 16.5. The van der Waals surface area contributed by atoms with Gasteiger partial charge in [-0.05, 0) is 30.1 Å². The molecule has 1 aromatic heterocycles. The van der Waals surface area contributed by atoms with Crippen LogP contribution in [0.1, 0.15) is 21.8 Å². The molecule has 96 valence electrons. The molecule has 6 nitrogen and oxygen atoms in total. The highest BCUT2D eigenvalue weighted by Crippen LogP contribution is 2.16. The van der Waals surface area contributed by atoms with Crippen LogP contribution in [-0.2, 0) is 11.3 Å². The van der Waals surface area contributed by atoms with Gasteiger partial charge in [-0.1, -0.05) is 6.07 Å². The molecule has 2 heterocycles. The van der Waals surface area contributed by atoms with Gasteiger partial charge in [-0.2, -0.15) is 0 Å². The van der Waals surface area contributed by atoms with Crippen molar-refractivity contribution < 1.29 is 18.9 Å². The predicted molar refractivity (Wildman–Crippen MR) is 68.0 cm³/mol. The Balaban J connectivity index is 1.83. The first kappa shape index (κ1) is 11.9. The third kappa shape index (κ3) is 2.13. The molecule has 3 rings (SSSR count). The van der Waals surface area contributed by atoms with Gasteiger partial charge >= 0.3 is 7.12 Å². The van der Waals surface area contributed by atoms with Crippen molar-refractivity contribution in [2.75, 3.05) is 5.32 Å². The molecule has 19 heavy (non-hydrogen) atoms. The van der Waals surface area contributed by atoms with Crippen molar-refractivity contribution in [1.82, 2.24) is 4.98 Å². The van der Waals surface area contributed by atoms with Gasteiger partial charge < -0.3 is 19.4 Å². The maximum absolute atomic E-state index is 11.9. The van der Waals surface area contributed by atoms with E-state index in [-0.39, 0.29) is 11.7 Å². The first-order valence-electron chi connectivity index (χ1n) is 5.79. The third-order valence-corrected chi connectivity index (χ3v) is 3.02. The van der Waals surface area contributed by atoms with Crippen LogP contribution in [0.3, 0.4) is 0 Å². The molecule has 7 heteroatoms. The summed E-state index contributed by atoms with van der Waals surface area (Å²) in [5.74, 6) is -0.194. The molecule has 0 saturated heterocycles. The number of nitrogens with one attached hydrogen (secondary N) is 1. The smallest absolute Gasteiger partial charge is 0.438 e. The van der Waals surface area contributed by atoms with Crippen molar-refractivity contribution >= 4 is 24.2 Å². The molecule has 0 unspecified atom stereocenters. The van der Waals surface area contributed by atoms with Crippen LogP contribution in [0.2, 0.25) is 0 Å². The summed E-state index contributed by atoms with van der Waals surface area (Å²) in [6.45, 7) is 2.07. The Morgan fingerprint density at radius 1 is 1.53 bits per heavy atom. The van der Waals surface area contributed by atoms with E-state index in [9.17, 15) is 9.82 Å². The average molecular weight is 258 g/mol. The topological polar surface area (TPSA) is 84.6 Å². The fourth-order valence-corrected chi connectivity index (χ4v) is 2.00. The van der Waals surface area contributed by atoms with E-state index in [0.29, 0.717) is 23.5 Å². The highest BCUT2D eigenvalue weighted by molar-refractivity contribution is 6.61. The Bertz CT molecular complexity index is 640. The van der Waals surface area contributed by atoms with Crippen molar-refractivity contribution in [3.05, 3.63) is 41.6 Å². The molecule has 0 fully saturated rings. The average Bonchev–Trinajstić information content (AvgIpc) is 2.97. The zero-order chi connectivity index (χ0) is 13.4. The summed E-state index contributed by atoms with van der Waals surface area (Å²) in [7, 11) is -0.932. The molecule has 0 spiro atoms. The molecular formula is C12H11BN2O4. The molecule has 0 bridgehead atoms. The second-order valence-corrected chi connectivity index (χ2v) is 4.30. The lowest BCUT2D eigenvalue weighted by molar-refractivity contribution is 0.0996. The van der Waals surface area contributed by atoms with Gasteiger partial charge in [0.25, 0.3) is 5.91 Å². The van der Waals surface area contributed by atoms with E-state index in [1.807, 2.05) is 6.07 Å². The van der Waals surface area contributed by atoms with E-state index >= 15 is 0 Å². The molecule has 2 aromatic rings. The van der Waals surface area contributed by atoms with Gasteiger partial charge in [-0.3, -0.25) is 4.79 Å². The summed E-state index contributed by atoms with van der Waals surface area (Å²) in [6, 6.07) is 5.26. The standard InChI is InChI=1S/C12H11BN2O4/c1-7-11(18-6-14-7)12(16)15-9-3-2-8-5-19-13(17)10(8)4-9/h2-4,6,17H,5H2,1H3,(H,15,16). The van der Waals surface area contributed by atoms with E-state index in [1.54, 1.807) is 19.1 Å². The molecule has 0 aliphatic carbocycles. The van der Waals surface area contributed by atoms with E-state index in [2.05, 4.69) is 10.3 Å². The number of fused-ring (bicyclic) bond motifs is 1. The van der Waals surface area contributed by atoms with Crippen molar-refractivity contribution in [2.45, 2.75) is 13.5 Å². The Kier molecular flexibility index (Phi) is 2.85. The predicted octanol–water partition coefficient (Wildman–Crippen LogP) is 0.453. The first-order valence-corrected chi connectivity index (χ1v) is 5.79. The van der Waals surface area contributed by atoms with Crippen LogP contribution < -0.4 is 10.8 Å². The number of benzene rings is 1. The van der Waals surface area contributed by atoms with Crippen LogP contribution in [0.25, 0.3) is 0 Å². The van der Waals surface area contributed by atoms with Crippen LogP contribution in [0.4, 0.5) is 5.69 Å². The minimum absolute atomic E-state index is 0.178. The molecule has 1 aliphatic heterocycles. The lowest BCUT2D eigenvalue weighted by Crippen LogP contribution is -2.28. The summed E-state index contributed by atoms with van der Waals surface area (Å²) in [5, 5.41) is 12.3. The van der Waals surface area contributed by atoms with Crippen molar-refractivity contribution in [3.8, 4) is 0 Å². The normalized spacial score (nSPS) is 13.5. The van der Waals surface area contributed by atoms with Crippen molar-refractivity contribution in [2.24, 2.45) is 0 Å². The number of aromatic nitrogens is 1. The monoisotopic (exact) mass is 258 g/mol. The number of nitrogens with zero attached hydrogens (tertiary/aromatic N) is 1. The zero-order valence-corrected chi connectivity index (χ0v) is 10.2. The SMILES string of the molecule is Cc1ncoc1C(=O)Nc1ccc2c(c1)B(O)OC2. The lowest BCUT2D eigenvalue weighted by Gasteiger charge is -2.06. The van der Waals surface area contributed by atoms with Gasteiger partial charge in [0.05, 0.1) is 12.3 Å². The Labute approximate surface area is 109 Å². The maximum Gasteiger partial charge on any atom is 0.491 e. The fraction of sp³-hybridized carbons (Fsp3) is 0.167. The van der Waals surface area contributed by atoms with Crippen LogP contribution in [0, 0.1) is 6.92 Å². The molecule has 1 aliphatic rings. The summed E-state index contributed by atoms with van der Waals surface area (Å²) in [6.07, 6.45) is 1.23. The molecule has 1 amide bonds. The summed E-state index contributed by atoms with van der Waals surface area (Å²) in [4.78, 5) is 15.8. The second kappa shape index (κ2) is 4.53. The minimum atomic E-state index is -0.932. The number of rotatable bonds is 2. The van der Waals surface area contributed by atoms with E-state index in [1.165, 1.54) is 6.39 Å². The largest absolute Gasteiger partial charge is 0.491 e. The number of anilines is 1. The van der Waals surface area contributed by atoms with E-state index in [4.69, 9.17) is 9.07 Å². The third-order valence-electron chi connectivity index (χ3n) is 3.02. The van der Waals surface area contributed by atoms with Gasteiger partial charge in [-0.15, -0.1) is 0 Å². The van der Waals surface area contributed by atoms with E-state index in [0.717, 1.165) is 5.56 Å². The second-order valence-electron chi connectivity index (χ2n) is 4.30. The molecule has 0 atom stereocenters. The Morgan fingerprint density at radius 3 is 3.11 bits per heavy atom. The van der Waals surface area contributed by atoms with Crippen LogP contribution in [0.15, 0.2) is 29.0 Å².